The highest BCUT2D eigenvalue weighted by atomic mass is 16.2. The minimum absolute atomic E-state index is 0.0554. The molecule has 0 saturated carbocycles. The summed E-state index contributed by atoms with van der Waals surface area (Å²) in [5, 5.41) is 14.0. The summed E-state index contributed by atoms with van der Waals surface area (Å²) in [5.74, 6) is 0.128. The summed E-state index contributed by atoms with van der Waals surface area (Å²) in [6, 6.07) is 0. The number of nitrogens with two attached hydrogens (primary N) is 1. The maximum atomic E-state index is 11.6. The molecule has 0 atom stereocenters. The van der Waals surface area contributed by atoms with E-state index in [2.05, 4.69) is 25.7 Å². The predicted molar refractivity (Wildman–Crippen MR) is 57.5 cm³/mol. The Bertz CT molecular complexity index is 515. The molecule has 9 nitrogen and oxygen atoms in total. The SMILES string of the molecule is Cn1ncnc1NC(=O)Cn1cc(CN)nn1. The van der Waals surface area contributed by atoms with Gasteiger partial charge in [-0.05, 0) is 0 Å². The molecular formula is C8H12N8O. The molecule has 0 aromatic carbocycles. The highest BCUT2D eigenvalue weighted by Gasteiger charge is 2.08. The standard InChI is InChI=1S/C8H12N8O/c1-15-8(10-5-11-15)12-7(17)4-16-3-6(2-9)13-14-16/h3,5H,2,4,9H2,1H3,(H,10,11,12,17). The Morgan fingerprint density at radius 2 is 2.41 bits per heavy atom. The van der Waals surface area contributed by atoms with Crippen molar-refractivity contribution in [3.05, 3.63) is 18.2 Å². The summed E-state index contributed by atoms with van der Waals surface area (Å²) in [7, 11) is 1.69. The van der Waals surface area contributed by atoms with Crippen molar-refractivity contribution in [2.75, 3.05) is 5.32 Å². The van der Waals surface area contributed by atoms with Gasteiger partial charge in [0, 0.05) is 13.6 Å². The van der Waals surface area contributed by atoms with Gasteiger partial charge < -0.3 is 5.73 Å². The van der Waals surface area contributed by atoms with E-state index < -0.39 is 0 Å². The van der Waals surface area contributed by atoms with Crippen LogP contribution in [0.3, 0.4) is 0 Å². The smallest absolute Gasteiger partial charge is 0.248 e. The summed E-state index contributed by atoms with van der Waals surface area (Å²) >= 11 is 0. The fourth-order valence-electron chi connectivity index (χ4n) is 1.23. The van der Waals surface area contributed by atoms with Crippen molar-refractivity contribution in [3.8, 4) is 0 Å². The van der Waals surface area contributed by atoms with Gasteiger partial charge in [0.1, 0.15) is 12.9 Å². The van der Waals surface area contributed by atoms with Gasteiger partial charge >= 0.3 is 0 Å². The van der Waals surface area contributed by atoms with Crippen LogP contribution in [0, 0.1) is 0 Å². The highest BCUT2D eigenvalue weighted by molar-refractivity contribution is 5.88. The van der Waals surface area contributed by atoms with Crippen LogP contribution in [0.1, 0.15) is 5.69 Å². The monoisotopic (exact) mass is 236 g/mol. The van der Waals surface area contributed by atoms with Crippen LogP contribution in [0.4, 0.5) is 5.95 Å². The molecular weight excluding hydrogens is 224 g/mol. The number of hydrogen-bond donors (Lipinski definition) is 2. The van der Waals surface area contributed by atoms with Gasteiger partial charge in [0.05, 0.1) is 11.9 Å². The Morgan fingerprint density at radius 3 is 3.00 bits per heavy atom. The van der Waals surface area contributed by atoms with Crippen LogP contribution in [0.15, 0.2) is 12.5 Å². The molecule has 0 aliphatic heterocycles. The van der Waals surface area contributed by atoms with E-state index in [1.807, 2.05) is 0 Å². The van der Waals surface area contributed by atoms with E-state index in [0.29, 0.717) is 18.2 Å². The highest BCUT2D eigenvalue weighted by Crippen LogP contribution is 1.98. The van der Waals surface area contributed by atoms with E-state index >= 15 is 0 Å². The minimum Gasteiger partial charge on any atom is -0.325 e. The lowest BCUT2D eigenvalue weighted by Gasteiger charge is -2.02. The third-order valence-corrected chi connectivity index (χ3v) is 2.06. The largest absolute Gasteiger partial charge is 0.325 e. The average Bonchev–Trinajstić information content (AvgIpc) is 2.89. The molecule has 2 heterocycles. The van der Waals surface area contributed by atoms with Crippen molar-refractivity contribution >= 4 is 11.9 Å². The van der Waals surface area contributed by atoms with E-state index in [1.54, 1.807) is 13.2 Å². The van der Waals surface area contributed by atoms with Crippen molar-refractivity contribution < 1.29 is 4.79 Å². The third kappa shape index (κ3) is 2.64. The lowest BCUT2D eigenvalue weighted by molar-refractivity contribution is -0.117. The van der Waals surface area contributed by atoms with Crippen molar-refractivity contribution in [1.29, 1.82) is 0 Å². The maximum Gasteiger partial charge on any atom is 0.248 e. The van der Waals surface area contributed by atoms with Crippen LogP contribution >= 0.6 is 0 Å². The van der Waals surface area contributed by atoms with Crippen LogP contribution in [0.5, 0.6) is 0 Å². The van der Waals surface area contributed by atoms with Gasteiger partial charge in [-0.2, -0.15) is 10.1 Å². The first-order chi connectivity index (χ1) is 8.19. The van der Waals surface area contributed by atoms with Crippen molar-refractivity contribution in [2.24, 2.45) is 12.8 Å². The van der Waals surface area contributed by atoms with Gasteiger partial charge in [-0.1, -0.05) is 5.21 Å². The zero-order valence-corrected chi connectivity index (χ0v) is 9.24. The molecule has 9 heteroatoms. The van der Waals surface area contributed by atoms with Crippen LogP contribution < -0.4 is 11.1 Å². The van der Waals surface area contributed by atoms with Gasteiger partial charge in [0.25, 0.3) is 0 Å². The topological polar surface area (TPSA) is 117 Å². The molecule has 0 saturated heterocycles. The normalized spacial score (nSPS) is 10.5. The van der Waals surface area contributed by atoms with E-state index in [9.17, 15) is 4.79 Å². The second-order valence-electron chi connectivity index (χ2n) is 3.37. The molecule has 1 amide bonds. The van der Waals surface area contributed by atoms with E-state index in [-0.39, 0.29) is 12.5 Å². The number of carbonyl (C=O) groups excluding carboxylic acids is 1. The lowest BCUT2D eigenvalue weighted by atomic mass is 10.5. The van der Waals surface area contributed by atoms with Crippen molar-refractivity contribution in [1.82, 2.24) is 29.8 Å². The number of nitrogens with zero attached hydrogens (tertiary/aromatic N) is 6. The van der Waals surface area contributed by atoms with Crippen LogP contribution in [0.25, 0.3) is 0 Å². The van der Waals surface area contributed by atoms with Gasteiger partial charge in [0.15, 0.2) is 0 Å². The number of nitrogens with one attached hydrogen (secondary N) is 1. The quantitative estimate of drug-likeness (QED) is 0.667. The molecule has 3 N–H and O–H groups in total. The Labute approximate surface area is 96.6 Å². The molecule has 90 valence electrons. The Balaban J connectivity index is 1.95. The zero-order valence-electron chi connectivity index (χ0n) is 9.24. The number of rotatable bonds is 4. The van der Waals surface area contributed by atoms with Gasteiger partial charge in [-0.3, -0.25) is 10.1 Å². The molecule has 2 rings (SSSR count). The molecule has 0 radical (unpaired) electrons. The Morgan fingerprint density at radius 1 is 1.59 bits per heavy atom. The molecule has 2 aromatic heterocycles. The van der Waals surface area contributed by atoms with Gasteiger partial charge in [-0.25, -0.2) is 9.36 Å². The van der Waals surface area contributed by atoms with E-state index in [1.165, 1.54) is 15.7 Å². The van der Waals surface area contributed by atoms with Crippen molar-refractivity contribution in [3.63, 3.8) is 0 Å². The molecule has 0 bridgehead atoms. The first kappa shape index (κ1) is 11.2. The van der Waals surface area contributed by atoms with E-state index in [0.717, 1.165) is 0 Å². The molecule has 17 heavy (non-hydrogen) atoms. The molecule has 0 fully saturated rings. The number of carbonyl (C=O) groups is 1. The summed E-state index contributed by atoms with van der Waals surface area (Å²) in [4.78, 5) is 15.5. The number of anilines is 1. The van der Waals surface area contributed by atoms with Gasteiger partial charge in [-0.15, -0.1) is 5.10 Å². The third-order valence-electron chi connectivity index (χ3n) is 2.06. The van der Waals surface area contributed by atoms with Gasteiger partial charge in [0.2, 0.25) is 11.9 Å². The molecule has 0 aliphatic rings. The number of amides is 1. The molecule has 0 spiro atoms. The second-order valence-corrected chi connectivity index (χ2v) is 3.37. The van der Waals surface area contributed by atoms with Crippen LogP contribution in [0.2, 0.25) is 0 Å². The second kappa shape index (κ2) is 4.70. The van der Waals surface area contributed by atoms with E-state index in [4.69, 9.17) is 5.73 Å². The molecule has 0 unspecified atom stereocenters. The van der Waals surface area contributed by atoms with Crippen LogP contribution in [-0.4, -0.2) is 35.7 Å². The zero-order chi connectivity index (χ0) is 12.3. The lowest BCUT2D eigenvalue weighted by Crippen LogP contribution is -2.21. The average molecular weight is 236 g/mol. The first-order valence-corrected chi connectivity index (χ1v) is 4.92. The predicted octanol–water partition coefficient (Wildman–Crippen LogP) is -1.50. The number of aryl methyl sites for hydroxylation is 1. The van der Waals surface area contributed by atoms with Crippen LogP contribution in [-0.2, 0) is 24.9 Å². The summed E-state index contributed by atoms with van der Waals surface area (Å²) in [6.07, 6.45) is 2.98. The fraction of sp³-hybridized carbons (Fsp3) is 0.375. The summed E-state index contributed by atoms with van der Waals surface area (Å²) in [6.45, 7) is 0.352. The first-order valence-electron chi connectivity index (χ1n) is 4.92. The maximum absolute atomic E-state index is 11.6. The Kier molecular flexibility index (Phi) is 3.10. The number of aromatic nitrogens is 6. The fourth-order valence-corrected chi connectivity index (χ4v) is 1.23. The molecule has 0 aliphatic carbocycles. The summed E-state index contributed by atoms with van der Waals surface area (Å²) < 4.78 is 2.87. The Hall–Kier alpha value is -2.29. The minimum atomic E-state index is -0.255. The summed E-state index contributed by atoms with van der Waals surface area (Å²) in [5.41, 5.74) is 6.02. The molecule has 2 aromatic rings. The number of hydrogen-bond acceptors (Lipinski definition) is 6. The van der Waals surface area contributed by atoms with Crippen molar-refractivity contribution in [2.45, 2.75) is 13.1 Å².